The largest absolute Gasteiger partial charge is 0.312 e. The number of anilines is 1. The van der Waals surface area contributed by atoms with Crippen molar-refractivity contribution in [3.63, 3.8) is 0 Å². The molecule has 1 fully saturated rings. The first-order valence-electron chi connectivity index (χ1n) is 6.29. The van der Waals surface area contributed by atoms with Gasteiger partial charge in [0.2, 0.25) is 5.91 Å². The van der Waals surface area contributed by atoms with E-state index in [1.807, 2.05) is 6.92 Å². The lowest BCUT2D eigenvalue weighted by atomic mass is 10.1. The molecule has 1 aliphatic rings. The number of nitrogens with zero attached hydrogens (tertiary/aromatic N) is 1. The summed E-state index contributed by atoms with van der Waals surface area (Å²) >= 11 is 0. The number of benzene rings is 1. The Hall–Kier alpha value is -1.38. The zero-order valence-electron chi connectivity index (χ0n) is 10.2. The fourth-order valence-electron chi connectivity index (χ4n) is 2.48. The van der Waals surface area contributed by atoms with Crippen molar-refractivity contribution in [2.24, 2.45) is 5.92 Å². The topological polar surface area (TPSA) is 20.3 Å². The van der Waals surface area contributed by atoms with Crippen molar-refractivity contribution in [3.8, 4) is 0 Å². The highest BCUT2D eigenvalue weighted by molar-refractivity contribution is 5.95. The fourth-order valence-corrected chi connectivity index (χ4v) is 2.48. The minimum atomic E-state index is -0.266. The molecule has 0 saturated heterocycles. The van der Waals surface area contributed by atoms with Gasteiger partial charge in [-0.25, -0.2) is 4.39 Å². The predicted molar refractivity (Wildman–Crippen MR) is 66.4 cm³/mol. The van der Waals surface area contributed by atoms with E-state index in [1.165, 1.54) is 12.1 Å². The quantitative estimate of drug-likeness (QED) is 0.786. The summed E-state index contributed by atoms with van der Waals surface area (Å²) in [4.78, 5) is 14.1. The van der Waals surface area contributed by atoms with Gasteiger partial charge in [0.25, 0.3) is 0 Å². The molecule has 3 heteroatoms. The maximum absolute atomic E-state index is 12.9. The molecule has 0 unspecified atom stereocenters. The van der Waals surface area contributed by atoms with Crippen LogP contribution in [0.1, 0.15) is 32.6 Å². The van der Waals surface area contributed by atoms with Crippen molar-refractivity contribution in [3.05, 3.63) is 30.1 Å². The van der Waals surface area contributed by atoms with Gasteiger partial charge >= 0.3 is 0 Å². The van der Waals surface area contributed by atoms with Crippen LogP contribution in [0.2, 0.25) is 0 Å². The normalized spacial score (nSPS) is 16.1. The van der Waals surface area contributed by atoms with Crippen LogP contribution in [-0.4, -0.2) is 12.5 Å². The third-order valence-corrected chi connectivity index (χ3v) is 3.42. The number of hydrogen-bond acceptors (Lipinski definition) is 1. The minimum absolute atomic E-state index is 0.167. The lowest BCUT2D eigenvalue weighted by Crippen LogP contribution is -2.35. The second-order valence-electron chi connectivity index (χ2n) is 4.54. The maximum atomic E-state index is 12.9. The Morgan fingerprint density at radius 3 is 2.41 bits per heavy atom. The van der Waals surface area contributed by atoms with E-state index in [0.717, 1.165) is 31.4 Å². The van der Waals surface area contributed by atoms with E-state index in [0.29, 0.717) is 6.54 Å². The van der Waals surface area contributed by atoms with Crippen molar-refractivity contribution in [1.82, 2.24) is 0 Å². The number of halogens is 1. The molecule has 2 nitrogen and oxygen atoms in total. The molecule has 0 heterocycles. The third-order valence-electron chi connectivity index (χ3n) is 3.42. The summed E-state index contributed by atoms with van der Waals surface area (Å²) in [7, 11) is 0. The summed E-state index contributed by atoms with van der Waals surface area (Å²) in [5.74, 6) is 0.0923. The molecule has 2 rings (SSSR count). The van der Waals surface area contributed by atoms with Crippen molar-refractivity contribution >= 4 is 11.6 Å². The molecule has 0 radical (unpaired) electrons. The molecule has 0 N–H and O–H groups in total. The summed E-state index contributed by atoms with van der Waals surface area (Å²) in [5.41, 5.74) is 0.797. The molecule has 1 aromatic rings. The number of carbonyl (C=O) groups excluding carboxylic acids is 1. The first-order chi connectivity index (χ1) is 8.22. The summed E-state index contributed by atoms with van der Waals surface area (Å²) in [6.45, 7) is 2.59. The van der Waals surface area contributed by atoms with Crippen molar-refractivity contribution in [2.45, 2.75) is 32.6 Å². The molecular formula is C14H18FNO. The van der Waals surface area contributed by atoms with Crippen LogP contribution in [0.3, 0.4) is 0 Å². The Balaban J connectivity index is 2.14. The standard InChI is InChI=1S/C14H18FNO/c1-2-16(13-9-7-12(15)8-10-13)14(17)11-5-3-4-6-11/h7-11H,2-6H2,1H3. The predicted octanol–water partition coefficient (Wildman–Crippen LogP) is 3.37. The zero-order valence-corrected chi connectivity index (χ0v) is 10.2. The molecule has 17 heavy (non-hydrogen) atoms. The van der Waals surface area contributed by atoms with E-state index < -0.39 is 0 Å². The van der Waals surface area contributed by atoms with E-state index in [4.69, 9.17) is 0 Å². The minimum Gasteiger partial charge on any atom is -0.312 e. The monoisotopic (exact) mass is 235 g/mol. The van der Waals surface area contributed by atoms with Gasteiger partial charge in [-0.3, -0.25) is 4.79 Å². The van der Waals surface area contributed by atoms with Gasteiger partial charge in [-0.1, -0.05) is 12.8 Å². The van der Waals surface area contributed by atoms with Gasteiger partial charge in [0.1, 0.15) is 5.82 Å². The molecule has 1 aromatic carbocycles. The van der Waals surface area contributed by atoms with Gasteiger partial charge in [0.05, 0.1) is 0 Å². The van der Waals surface area contributed by atoms with Crippen molar-refractivity contribution in [1.29, 1.82) is 0 Å². The smallest absolute Gasteiger partial charge is 0.230 e. The highest BCUT2D eigenvalue weighted by Crippen LogP contribution is 2.28. The van der Waals surface area contributed by atoms with Gasteiger partial charge in [0.15, 0.2) is 0 Å². The molecule has 0 aliphatic heterocycles. The highest BCUT2D eigenvalue weighted by atomic mass is 19.1. The van der Waals surface area contributed by atoms with Crippen molar-refractivity contribution < 1.29 is 9.18 Å². The van der Waals surface area contributed by atoms with Crippen LogP contribution in [0, 0.1) is 11.7 Å². The Labute approximate surface area is 101 Å². The zero-order chi connectivity index (χ0) is 12.3. The Bertz CT molecular complexity index is 382. The number of carbonyl (C=O) groups is 1. The maximum Gasteiger partial charge on any atom is 0.230 e. The Kier molecular flexibility index (Phi) is 3.77. The number of amides is 1. The SMILES string of the molecule is CCN(C(=O)C1CCCC1)c1ccc(F)cc1. The average molecular weight is 235 g/mol. The molecule has 1 amide bonds. The summed E-state index contributed by atoms with van der Waals surface area (Å²) in [5, 5.41) is 0. The third kappa shape index (κ3) is 2.65. The molecule has 0 spiro atoms. The summed E-state index contributed by atoms with van der Waals surface area (Å²) < 4.78 is 12.9. The van der Waals surface area contributed by atoms with Gasteiger partial charge in [-0.15, -0.1) is 0 Å². The van der Waals surface area contributed by atoms with Crippen LogP contribution in [0.4, 0.5) is 10.1 Å². The van der Waals surface area contributed by atoms with E-state index >= 15 is 0 Å². The molecule has 0 atom stereocenters. The molecule has 0 bridgehead atoms. The van der Waals surface area contributed by atoms with Crippen molar-refractivity contribution in [2.75, 3.05) is 11.4 Å². The molecule has 0 aromatic heterocycles. The summed E-state index contributed by atoms with van der Waals surface area (Å²) in [6.07, 6.45) is 4.29. The van der Waals surface area contributed by atoms with Gasteiger partial charge in [-0.05, 0) is 44.0 Å². The van der Waals surface area contributed by atoms with Crippen LogP contribution < -0.4 is 4.90 Å². The van der Waals surface area contributed by atoms with Crippen LogP contribution >= 0.6 is 0 Å². The molecule has 92 valence electrons. The summed E-state index contributed by atoms with van der Waals surface area (Å²) in [6, 6.07) is 6.15. The molecule has 1 saturated carbocycles. The first-order valence-corrected chi connectivity index (χ1v) is 6.29. The van der Waals surface area contributed by atoms with Gasteiger partial charge in [0, 0.05) is 18.2 Å². The van der Waals surface area contributed by atoms with Crippen LogP contribution in [0.25, 0.3) is 0 Å². The second-order valence-corrected chi connectivity index (χ2v) is 4.54. The Morgan fingerprint density at radius 2 is 1.88 bits per heavy atom. The van der Waals surface area contributed by atoms with E-state index in [9.17, 15) is 9.18 Å². The Morgan fingerprint density at radius 1 is 1.29 bits per heavy atom. The lowest BCUT2D eigenvalue weighted by molar-refractivity contribution is -0.122. The van der Waals surface area contributed by atoms with E-state index in [-0.39, 0.29) is 17.6 Å². The second kappa shape index (κ2) is 5.30. The average Bonchev–Trinajstić information content (AvgIpc) is 2.86. The van der Waals surface area contributed by atoms with Crippen LogP contribution in [-0.2, 0) is 4.79 Å². The molecule has 1 aliphatic carbocycles. The molecular weight excluding hydrogens is 217 g/mol. The van der Waals surface area contributed by atoms with E-state index in [1.54, 1.807) is 17.0 Å². The van der Waals surface area contributed by atoms with Crippen LogP contribution in [0.15, 0.2) is 24.3 Å². The lowest BCUT2D eigenvalue weighted by Gasteiger charge is -2.24. The van der Waals surface area contributed by atoms with Crippen LogP contribution in [0.5, 0.6) is 0 Å². The highest BCUT2D eigenvalue weighted by Gasteiger charge is 2.27. The van der Waals surface area contributed by atoms with E-state index in [2.05, 4.69) is 0 Å². The van der Waals surface area contributed by atoms with Gasteiger partial charge < -0.3 is 4.90 Å². The fraction of sp³-hybridized carbons (Fsp3) is 0.500. The first kappa shape index (κ1) is 12.1. The number of rotatable bonds is 3. The number of hydrogen-bond donors (Lipinski definition) is 0. The van der Waals surface area contributed by atoms with Gasteiger partial charge in [-0.2, -0.15) is 0 Å².